The first kappa shape index (κ1) is 24.7. The van der Waals surface area contributed by atoms with Crippen LogP contribution in [0.25, 0.3) is 22.3 Å². The molecule has 34 heavy (non-hydrogen) atoms. The molecule has 3 aromatic rings. The van der Waals surface area contributed by atoms with Gasteiger partial charge in [-0.3, -0.25) is 0 Å². The number of esters is 2. The summed E-state index contributed by atoms with van der Waals surface area (Å²) in [6.07, 6.45) is 0. The van der Waals surface area contributed by atoms with Gasteiger partial charge in [-0.2, -0.15) is 0 Å². The van der Waals surface area contributed by atoms with Crippen molar-refractivity contribution in [2.24, 2.45) is 0 Å². The van der Waals surface area contributed by atoms with Crippen molar-refractivity contribution >= 4 is 11.9 Å². The number of hydrogen-bond acceptors (Lipinski definition) is 4. The number of benzene rings is 3. The zero-order valence-electron chi connectivity index (χ0n) is 20.4. The lowest BCUT2D eigenvalue weighted by atomic mass is 9.83. The number of hydrogen-bond donors (Lipinski definition) is 0. The fraction of sp³-hybridized carbons (Fsp3) is 0.200. The molecule has 0 atom stereocenters. The van der Waals surface area contributed by atoms with Crippen molar-refractivity contribution in [1.29, 1.82) is 0 Å². The molecular formula is C30H30O4. The van der Waals surface area contributed by atoms with E-state index < -0.39 is 11.9 Å². The van der Waals surface area contributed by atoms with Gasteiger partial charge in [-0.1, -0.05) is 70.3 Å². The Morgan fingerprint density at radius 2 is 0.971 bits per heavy atom. The third-order valence-electron chi connectivity index (χ3n) is 5.29. The lowest BCUT2D eigenvalue weighted by molar-refractivity contribution is -0.130. The van der Waals surface area contributed by atoms with Gasteiger partial charge in [0, 0.05) is 11.1 Å². The van der Waals surface area contributed by atoms with E-state index in [0.29, 0.717) is 22.6 Å². The zero-order chi connectivity index (χ0) is 25.0. The Bertz CT molecular complexity index is 1150. The maximum atomic E-state index is 11.8. The molecule has 0 saturated carbocycles. The predicted molar refractivity (Wildman–Crippen MR) is 137 cm³/mol. The average Bonchev–Trinajstić information content (AvgIpc) is 2.79. The molecule has 0 aromatic heterocycles. The first-order valence-electron chi connectivity index (χ1n) is 11.1. The van der Waals surface area contributed by atoms with Crippen LogP contribution in [0, 0.1) is 0 Å². The summed E-state index contributed by atoms with van der Waals surface area (Å²) in [4.78, 5) is 23.6. The second-order valence-electron chi connectivity index (χ2n) is 9.44. The van der Waals surface area contributed by atoms with E-state index in [1.54, 1.807) is 38.1 Å². The molecule has 4 nitrogen and oxygen atoms in total. The zero-order valence-corrected chi connectivity index (χ0v) is 20.4. The maximum absolute atomic E-state index is 11.8. The molecule has 0 amide bonds. The number of rotatable bonds is 6. The van der Waals surface area contributed by atoms with Crippen LogP contribution in [0.4, 0.5) is 0 Å². The van der Waals surface area contributed by atoms with E-state index in [1.165, 1.54) is 5.56 Å². The van der Waals surface area contributed by atoms with Gasteiger partial charge < -0.3 is 9.47 Å². The van der Waals surface area contributed by atoms with Gasteiger partial charge in [0.15, 0.2) is 0 Å². The second kappa shape index (κ2) is 9.92. The third kappa shape index (κ3) is 6.10. The Hall–Kier alpha value is -3.92. The first-order chi connectivity index (χ1) is 15.9. The van der Waals surface area contributed by atoms with E-state index in [2.05, 4.69) is 52.1 Å². The molecule has 0 fully saturated rings. The van der Waals surface area contributed by atoms with Crippen LogP contribution in [0.3, 0.4) is 0 Å². The minimum Gasteiger partial charge on any atom is -0.423 e. The molecule has 0 saturated heterocycles. The van der Waals surface area contributed by atoms with Crippen molar-refractivity contribution < 1.29 is 19.1 Å². The molecule has 0 bridgehead atoms. The highest BCUT2D eigenvalue weighted by atomic mass is 16.5. The van der Waals surface area contributed by atoms with Crippen LogP contribution in [0.2, 0.25) is 0 Å². The molecule has 0 aliphatic heterocycles. The highest BCUT2D eigenvalue weighted by Gasteiger charge is 2.17. The largest absolute Gasteiger partial charge is 0.423 e. The molecule has 0 radical (unpaired) electrons. The van der Waals surface area contributed by atoms with Gasteiger partial charge in [0.25, 0.3) is 0 Å². The highest BCUT2D eigenvalue weighted by molar-refractivity contribution is 5.89. The quantitative estimate of drug-likeness (QED) is 0.223. The molecule has 0 aliphatic carbocycles. The minimum absolute atomic E-state index is 0.0569. The van der Waals surface area contributed by atoms with E-state index in [9.17, 15) is 9.59 Å². The van der Waals surface area contributed by atoms with Crippen LogP contribution >= 0.6 is 0 Å². The lowest BCUT2D eigenvalue weighted by Gasteiger charge is -2.22. The molecule has 3 rings (SSSR count). The van der Waals surface area contributed by atoms with E-state index in [1.807, 2.05) is 24.3 Å². The summed E-state index contributed by atoms with van der Waals surface area (Å²) in [7, 11) is 0. The van der Waals surface area contributed by atoms with Crippen molar-refractivity contribution in [1.82, 2.24) is 0 Å². The molecule has 0 spiro atoms. The number of carbonyl (C=O) groups is 2. The van der Waals surface area contributed by atoms with Gasteiger partial charge >= 0.3 is 11.9 Å². The molecule has 174 valence electrons. The standard InChI is InChI=1S/C30H30O4/c1-19(2)28(31)33-26-12-8-21(9-13-26)23-16-24(18-25(17-23)30(5,6)7)22-10-14-27(15-11-22)34-29(32)20(3)4/h8-18H,1,3H2,2,4-7H3. The van der Waals surface area contributed by atoms with Crippen molar-refractivity contribution in [3.05, 3.63) is 96.6 Å². The molecule has 0 N–H and O–H groups in total. The second-order valence-corrected chi connectivity index (χ2v) is 9.44. The lowest BCUT2D eigenvalue weighted by Crippen LogP contribution is -2.11. The summed E-state index contributed by atoms with van der Waals surface area (Å²) in [5.41, 5.74) is 5.97. The molecule has 0 unspecified atom stereocenters. The van der Waals surface area contributed by atoms with E-state index >= 15 is 0 Å². The van der Waals surface area contributed by atoms with Crippen LogP contribution in [-0.2, 0) is 15.0 Å². The van der Waals surface area contributed by atoms with Gasteiger partial charge in [0.05, 0.1) is 0 Å². The summed E-state index contributed by atoms with van der Waals surface area (Å²) >= 11 is 0. The molecule has 3 aromatic carbocycles. The third-order valence-corrected chi connectivity index (χ3v) is 5.29. The first-order valence-corrected chi connectivity index (χ1v) is 11.1. The van der Waals surface area contributed by atoms with Gasteiger partial charge in [-0.15, -0.1) is 0 Å². The van der Waals surface area contributed by atoms with Crippen molar-refractivity contribution in [3.8, 4) is 33.8 Å². The Morgan fingerprint density at radius 3 is 1.26 bits per heavy atom. The maximum Gasteiger partial charge on any atom is 0.338 e. The fourth-order valence-corrected chi connectivity index (χ4v) is 3.21. The van der Waals surface area contributed by atoms with Crippen LogP contribution in [-0.4, -0.2) is 11.9 Å². The van der Waals surface area contributed by atoms with Gasteiger partial charge in [-0.25, -0.2) is 9.59 Å². The summed E-state index contributed by atoms with van der Waals surface area (Å²) in [5, 5.41) is 0. The van der Waals surface area contributed by atoms with Crippen LogP contribution in [0.1, 0.15) is 40.2 Å². The van der Waals surface area contributed by atoms with Crippen LogP contribution in [0.5, 0.6) is 11.5 Å². The summed E-state index contributed by atoms with van der Waals surface area (Å²) < 4.78 is 10.6. The van der Waals surface area contributed by atoms with E-state index in [4.69, 9.17) is 9.47 Å². The van der Waals surface area contributed by atoms with Crippen molar-refractivity contribution in [2.75, 3.05) is 0 Å². The summed E-state index contributed by atoms with van der Waals surface area (Å²) in [6.45, 7) is 17.0. The predicted octanol–water partition coefficient (Wildman–Crippen LogP) is 7.28. The Kier molecular flexibility index (Phi) is 7.21. The molecule has 0 aliphatic rings. The average molecular weight is 455 g/mol. The fourth-order valence-electron chi connectivity index (χ4n) is 3.21. The Labute approximate surface area is 201 Å². The topological polar surface area (TPSA) is 52.6 Å². The normalized spacial score (nSPS) is 11.0. The molecule has 4 heteroatoms. The van der Waals surface area contributed by atoms with E-state index in [0.717, 1.165) is 22.3 Å². The minimum atomic E-state index is -0.442. The highest BCUT2D eigenvalue weighted by Crippen LogP contribution is 2.34. The Balaban J connectivity index is 1.96. The Morgan fingerprint density at radius 1 is 0.618 bits per heavy atom. The van der Waals surface area contributed by atoms with Crippen LogP contribution in [0.15, 0.2) is 91.0 Å². The van der Waals surface area contributed by atoms with Gasteiger partial charge in [-0.05, 0) is 77.4 Å². The van der Waals surface area contributed by atoms with Crippen molar-refractivity contribution in [2.45, 2.75) is 40.0 Å². The van der Waals surface area contributed by atoms with Gasteiger partial charge in [0.2, 0.25) is 0 Å². The number of carbonyl (C=O) groups excluding carboxylic acids is 2. The van der Waals surface area contributed by atoms with E-state index in [-0.39, 0.29) is 5.41 Å². The van der Waals surface area contributed by atoms with Crippen molar-refractivity contribution in [3.63, 3.8) is 0 Å². The smallest absolute Gasteiger partial charge is 0.338 e. The number of ether oxygens (including phenoxy) is 2. The van der Waals surface area contributed by atoms with Crippen LogP contribution < -0.4 is 9.47 Å². The summed E-state index contributed by atoms with van der Waals surface area (Å²) in [5.74, 6) is 0.0666. The SMILES string of the molecule is C=C(C)C(=O)Oc1ccc(-c2cc(-c3ccc(OC(=O)C(=C)C)cc3)cc(C(C)(C)C)c2)cc1. The molecular weight excluding hydrogens is 424 g/mol. The van der Waals surface area contributed by atoms with Gasteiger partial charge in [0.1, 0.15) is 11.5 Å². The monoisotopic (exact) mass is 454 g/mol. The summed E-state index contributed by atoms with van der Waals surface area (Å²) in [6, 6.07) is 21.4. The molecule has 0 heterocycles.